The van der Waals surface area contributed by atoms with E-state index >= 15 is 0 Å². The largest absolute Gasteiger partial charge is 0.529 e. The molecule has 0 rings (SSSR count). The van der Waals surface area contributed by atoms with Crippen molar-refractivity contribution in [3.8, 4) is 0 Å². The van der Waals surface area contributed by atoms with Gasteiger partial charge in [-0.3, -0.25) is 0 Å². The van der Waals surface area contributed by atoms with Crippen molar-refractivity contribution in [2.24, 2.45) is 0 Å². The van der Waals surface area contributed by atoms with Crippen LogP contribution in [0.3, 0.4) is 0 Å². The molecule has 0 fully saturated rings. The van der Waals surface area contributed by atoms with Crippen molar-refractivity contribution in [1.82, 2.24) is 0 Å². The maximum atomic E-state index is 5.91. The lowest BCUT2D eigenvalue weighted by molar-refractivity contribution is 0.0139. The third-order valence-electron chi connectivity index (χ3n) is 1.57. The van der Waals surface area contributed by atoms with Gasteiger partial charge in [0.15, 0.2) is 0 Å². The van der Waals surface area contributed by atoms with Crippen LogP contribution in [-0.2, 0) is 13.3 Å². The van der Waals surface area contributed by atoms with Gasteiger partial charge in [0.1, 0.15) is 0 Å². The van der Waals surface area contributed by atoms with Crippen LogP contribution in [0.4, 0.5) is 0 Å². The van der Waals surface area contributed by atoms with Crippen LogP contribution in [0, 0.1) is 0 Å². The highest BCUT2D eigenvalue weighted by Gasteiger charge is 2.41. The molecule has 0 radical (unpaired) electrons. The van der Waals surface area contributed by atoms with Crippen molar-refractivity contribution in [2.75, 3.05) is 0 Å². The highest BCUT2D eigenvalue weighted by molar-refractivity contribution is 6.66. The van der Waals surface area contributed by atoms with Crippen LogP contribution in [0.25, 0.3) is 0 Å². The molecule has 0 heterocycles. The van der Waals surface area contributed by atoms with Gasteiger partial charge < -0.3 is 13.3 Å². The second-order valence-corrected chi connectivity index (χ2v) is 6.85. The second-order valence-electron chi connectivity index (χ2n) is 4.60. The predicted octanol–water partition coefficient (Wildman–Crippen LogP) is 3.32. The normalized spacial score (nSPS) is 13.6. The lowest BCUT2D eigenvalue weighted by atomic mass is 10.5. The third-order valence-corrected chi connectivity index (χ3v) is 4.71. The molecule has 0 saturated carbocycles. The van der Waals surface area contributed by atoms with Crippen LogP contribution >= 0.6 is 0 Å². The van der Waals surface area contributed by atoms with Crippen LogP contribution in [0.2, 0.25) is 0 Å². The summed E-state index contributed by atoms with van der Waals surface area (Å²) < 4.78 is 17.7. The van der Waals surface area contributed by atoms with Crippen molar-refractivity contribution in [3.63, 3.8) is 0 Å². The molecule has 0 amide bonds. The smallest absolute Gasteiger partial charge is 0.368 e. The molecule has 0 atom stereocenters. The zero-order valence-electron chi connectivity index (χ0n) is 11.6. The quantitative estimate of drug-likeness (QED) is 0.645. The molecule has 0 aromatic rings. The second kappa shape index (κ2) is 7.22. The van der Waals surface area contributed by atoms with E-state index in [1.54, 1.807) is 0 Å². The standard InChI is InChI=1S/C12H26O3Si/c1-8-9-16(13-10(2)3,14-11(4)5)15-12(6)7/h8-12H,1-7H3/b9-8-. The molecule has 0 spiro atoms. The SMILES string of the molecule is C/C=C\[Si](OC(C)C)(OC(C)C)OC(C)C. The Bertz CT molecular complexity index is 186. The van der Waals surface area contributed by atoms with E-state index in [1.165, 1.54) is 0 Å². The summed E-state index contributed by atoms with van der Waals surface area (Å²) in [5.41, 5.74) is 1.95. The number of hydrogen-bond donors (Lipinski definition) is 0. The molecular formula is C12H26O3Si. The van der Waals surface area contributed by atoms with E-state index in [4.69, 9.17) is 13.3 Å². The summed E-state index contributed by atoms with van der Waals surface area (Å²) in [6.45, 7) is 13.9. The van der Waals surface area contributed by atoms with E-state index in [0.717, 1.165) is 0 Å². The maximum absolute atomic E-state index is 5.91. The maximum Gasteiger partial charge on any atom is 0.529 e. The first-order valence-electron chi connectivity index (χ1n) is 5.98. The number of rotatable bonds is 7. The van der Waals surface area contributed by atoms with E-state index in [0.29, 0.717) is 0 Å². The Balaban J connectivity index is 4.87. The predicted molar refractivity (Wildman–Crippen MR) is 69.2 cm³/mol. The minimum atomic E-state index is -2.67. The van der Waals surface area contributed by atoms with E-state index < -0.39 is 8.80 Å². The van der Waals surface area contributed by atoms with E-state index in [2.05, 4.69) is 0 Å². The van der Waals surface area contributed by atoms with Crippen LogP contribution in [-0.4, -0.2) is 27.1 Å². The molecule has 96 valence electrons. The molecule has 0 aliphatic rings. The van der Waals surface area contributed by atoms with Crippen LogP contribution in [0.1, 0.15) is 48.5 Å². The Hall–Kier alpha value is -0.163. The molecule has 0 saturated heterocycles. The summed E-state index contributed by atoms with van der Waals surface area (Å²) in [6.07, 6.45) is 2.24. The topological polar surface area (TPSA) is 27.7 Å². The third kappa shape index (κ3) is 6.43. The van der Waals surface area contributed by atoms with Gasteiger partial charge in [0.05, 0.1) is 0 Å². The minimum absolute atomic E-state index is 0.0976. The fourth-order valence-electron chi connectivity index (χ4n) is 1.39. The van der Waals surface area contributed by atoms with E-state index in [1.807, 2.05) is 60.2 Å². The highest BCUT2D eigenvalue weighted by Crippen LogP contribution is 2.18. The van der Waals surface area contributed by atoms with Gasteiger partial charge >= 0.3 is 8.80 Å². The zero-order chi connectivity index (χ0) is 12.8. The molecular weight excluding hydrogens is 220 g/mol. The molecule has 16 heavy (non-hydrogen) atoms. The van der Waals surface area contributed by atoms with Gasteiger partial charge in [-0.25, -0.2) is 0 Å². The molecule has 0 aromatic carbocycles. The van der Waals surface area contributed by atoms with Crippen molar-refractivity contribution >= 4 is 8.80 Å². The minimum Gasteiger partial charge on any atom is -0.368 e. The summed E-state index contributed by atoms with van der Waals surface area (Å²) >= 11 is 0. The monoisotopic (exact) mass is 246 g/mol. The van der Waals surface area contributed by atoms with E-state index in [-0.39, 0.29) is 18.3 Å². The molecule has 4 heteroatoms. The first-order valence-corrected chi connectivity index (χ1v) is 7.79. The Morgan fingerprint density at radius 2 is 1.06 bits per heavy atom. The van der Waals surface area contributed by atoms with Crippen molar-refractivity contribution in [2.45, 2.75) is 66.8 Å². The van der Waals surface area contributed by atoms with Crippen LogP contribution < -0.4 is 0 Å². The number of allylic oxidation sites excluding steroid dienone is 1. The van der Waals surface area contributed by atoms with Gasteiger partial charge in [-0.15, -0.1) is 0 Å². The molecule has 0 aromatic heterocycles. The van der Waals surface area contributed by atoms with Crippen LogP contribution in [0.15, 0.2) is 11.8 Å². The lowest BCUT2D eigenvalue weighted by Crippen LogP contribution is -2.49. The summed E-state index contributed by atoms with van der Waals surface area (Å²) in [5.74, 6) is 0. The molecule has 0 N–H and O–H groups in total. The van der Waals surface area contributed by atoms with Gasteiger partial charge in [-0.2, -0.15) is 0 Å². The summed E-state index contributed by atoms with van der Waals surface area (Å²) in [4.78, 5) is 0. The zero-order valence-corrected chi connectivity index (χ0v) is 12.6. The average molecular weight is 246 g/mol. The molecule has 0 bridgehead atoms. The van der Waals surface area contributed by atoms with E-state index in [9.17, 15) is 0 Å². The summed E-state index contributed by atoms with van der Waals surface area (Å²) in [7, 11) is -2.67. The van der Waals surface area contributed by atoms with Crippen molar-refractivity contribution in [3.05, 3.63) is 11.8 Å². The number of hydrogen-bond acceptors (Lipinski definition) is 3. The molecule has 3 nitrogen and oxygen atoms in total. The molecule has 0 unspecified atom stereocenters. The lowest BCUT2D eigenvalue weighted by Gasteiger charge is -2.32. The fraction of sp³-hybridized carbons (Fsp3) is 0.833. The fourth-order valence-corrected chi connectivity index (χ4v) is 4.17. The highest BCUT2D eigenvalue weighted by atomic mass is 28.4. The first kappa shape index (κ1) is 15.8. The summed E-state index contributed by atoms with van der Waals surface area (Å²) in [6, 6.07) is 0. The van der Waals surface area contributed by atoms with Gasteiger partial charge in [-0.1, -0.05) is 6.08 Å². The van der Waals surface area contributed by atoms with Crippen molar-refractivity contribution < 1.29 is 13.3 Å². The molecule has 0 aliphatic carbocycles. The summed E-state index contributed by atoms with van der Waals surface area (Å²) in [5, 5.41) is 0. The van der Waals surface area contributed by atoms with Gasteiger partial charge in [0.25, 0.3) is 0 Å². The average Bonchev–Trinajstić information content (AvgIpc) is 1.98. The Labute approximate surface area is 101 Å². The first-order chi connectivity index (χ1) is 7.31. The van der Waals surface area contributed by atoms with Gasteiger partial charge in [0, 0.05) is 18.3 Å². The Morgan fingerprint density at radius 3 is 1.25 bits per heavy atom. The van der Waals surface area contributed by atoms with Gasteiger partial charge in [0.2, 0.25) is 0 Å². The van der Waals surface area contributed by atoms with Gasteiger partial charge in [-0.05, 0) is 54.2 Å². The van der Waals surface area contributed by atoms with Crippen molar-refractivity contribution in [1.29, 1.82) is 0 Å². The Morgan fingerprint density at radius 1 is 0.750 bits per heavy atom. The van der Waals surface area contributed by atoms with Crippen LogP contribution in [0.5, 0.6) is 0 Å². The molecule has 0 aliphatic heterocycles. The Kier molecular flexibility index (Phi) is 7.15.